The summed E-state index contributed by atoms with van der Waals surface area (Å²) in [7, 11) is 0. The highest BCUT2D eigenvalue weighted by Gasteiger charge is 2.22. The van der Waals surface area contributed by atoms with E-state index in [2.05, 4.69) is 21.7 Å². The van der Waals surface area contributed by atoms with Gasteiger partial charge in [-0.15, -0.1) is 0 Å². The van der Waals surface area contributed by atoms with Crippen LogP contribution in [0.3, 0.4) is 0 Å². The molecule has 2 heterocycles. The van der Waals surface area contributed by atoms with E-state index in [1.807, 2.05) is 24.5 Å². The number of rotatable bonds is 3. The molecule has 0 saturated carbocycles. The summed E-state index contributed by atoms with van der Waals surface area (Å²) in [6.07, 6.45) is 3.62. The number of hydrogen-bond acceptors (Lipinski definition) is 3. The molecule has 1 aromatic carbocycles. The van der Waals surface area contributed by atoms with Gasteiger partial charge in [0.25, 0.3) is 0 Å². The molecule has 1 atom stereocenters. The topological polar surface area (TPSA) is 19.4 Å². The second-order valence-corrected chi connectivity index (χ2v) is 5.58. The zero-order chi connectivity index (χ0) is 15.5. The molecule has 22 heavy (non-hydrogen) atoms. The highest BCUT2D eigenvalue weighted by atomic mass is 19.2. The molecule has 3 nitrogen and oxygen atoms in total. The maximum Gasteiger partial charge on any atom is 0.160 e. The molecule has 116 valence electrons. The first kappa shape index (κ1) is 14.9. The van der Waals surface area contributed by atoms with E-state index in [1.165, 1.54) is 17.7 Å². The molecule has 0 N–H and O–H groups in total. The lowest BCUT2D eigenvalue weighted by molar-refractivity contribution is 0.198. The third-order valence-electron chi connectivity index (χ3n) is 4.32. The lowest BCUT2D eigenvalue weighted by atomic mass is 10.1. The van der Waals surface area contributed by atoms with Gasteiger partial charge in [0.1, 0.15) is 0 Å². The van der Waals surface area contributed by atoms with E-state index >= 15 is 0 Å². The van der Waals surface area contributed by atoms with Crippen LogP contribution in [0.4, 0.5) is 14.5 Å². The van der Waals surface area contributed by atoms with Gasteiger partial charge in [-0.2, -0.15) is 0 Å². The van der Waals surface area contributed by atoms with Crippen molar-refractivity contribution in [3.8, 4) is 0 Å². The molecule has 1 aliphatic rings. The molecule has 0 radical (unpaired) electrons. The summed E-state index contributed by atoms with van der Waals surface area (Å²) in [5.74, 6) is -1.58. The van der Waals surface area contributed by atoms with Crippen LogP contribution in [0.25, 0.3) is 0 Å². The summed E-state index contributed by atoms with van der Waals surface area (Å²) in [6.45, 7) is 5.58. The van der Waals surface area contributed by atoms with E-state index in [4.69, 9.17) is 0 Å². The lowest BCUT2D eigenvalue weighted by Gasteiger charge is -2.39. The molecule has 3 rings (SSSR count). The Kier molecular flexibility index (Phi) is 4.34. The summed E-state index contributed by atoms with van der Waals surface area (Å²) >= 11 is 0. The van der Waals surface area contributed by atoms with Crippen molar-refractivity contribution in [3.05, 3.63) is 59.9 Å². The molecule has 0 aliphatic carbocycles. The van der Waals surface area contributed by atoms with Gasteiger partial charge < -0.3 is 4.90 Å². The normalized spacial score (nSPS) is 17.5. The molecule has 0 bridgehead atoms. The maximum atomic E-state index is 13.3. The number of hydrogen-bond donors (Lipinski definition) is 0. The van der Waals surface area contributed by atoms with E-state index in [9.17, 15) is 8.78 Å². The predicted molar refractivity (Wildman–Crippen MR) is 82.8 cm³/mol. The Morgan fingerprint density at radius 1 is 0.955 bits per heavy atom. The average Bonchev–Trinajstić information content (AvgIpc) is 2.58. The van der Waals surface area contributed by atoms with E-state index in [0.717, 1.165) is 31.9 Å². The molecule has 1 unspecified atom stereocenters. The number of benzene rings is 1. The van der Waals surface area contributed by atoms with Crippen LogP contribution >= 0.6 is 0 Å². The van der Waals surface area contributed by atoms with E-state index < -0.39 is 11.6 Å². The number of nitrogens with zero attached hydrogens (tertiary/aromatic N) is 3. The van der Waals surface area contributed by atoms with Crippen LogP contribution in [0.1, 0.15) is 18.5 Å². The summed E-state index contributed by atoms with van der Waals surface area (Å²) in [5, 5.41) is 0. The molecule has 1 fully saturated rings. The van der Waals surface area contributed by atoms with Crippen molar-refractivity contribution in [3.63, 3.8) is 0 Å². The fourth-order valence-electron chi connectivity index (χ4n) is 2.90. The summed E-state index contributed by atoms with van der Waals surface area (Å²) in [4.78, 5) is 8.54. The average molecular weight is 303 g/mol. The van der Waals surface area contributed by atoms with Crippen molar-refractivity contribution in [2.45, 2.75) is 13.0 Å². The quantitative estimate of drug-likeness (QED) is 0.868. The van der Waals surface area contributed by atoms with Gasteiger partial charge in [-0.3, -0.25) is 9.88 Å². The van der Waals surface area contributed by atoms with Gasteiger partial charge in [0.15, 0.2) is 11.6 Å². The Morgan fingerprint density at radius 2 is 1.64 bits per heavy atom. The first-order valence-corrected chi connectivity index (χ1v) is 7.49. The van der Waals surface area contributed by atoms with Crippen molar-refractivity contribution in [1.29, 1.82) is 0 Å². The molecule has 0 spiro atoms. The summed E-state index contributed by atoms with van der Waals surface area (Å²) in [5.41, 5.74) is 1.99. The second-order valence-electron chi connectivity index (χ2n) is 5.58. The monoisotopic (exact) mass is 303 g/mol. The Hall–Kier alpha value is -2.01. The molecule has 5 heteroatoms. The number of piperazine rings is 1. The number of halogens is 2. The van der Waals surface area contributed by atoms with Gasteiger partial charge in [0.2, 0.25) is 0 Å². The van der Waals surface area contributed by atoms with Crippen molar-refractivity contribution in [1.82, 2.24) is 9.88 Å². The minimum atomic E-state index is -0.798. The first-order chi connectivity index (χ1) is 10.6. The fraction of sp³-hybridized carbons (Fsp3) is 0.353. The third-order valence-corrected chi connectivity index (χ3v) is 4.32. The largest absolute Gasteiger partial charge is 0.369 e. The summed E-state index contributed by atoms with van der Waals surface area (Å²) < 4.78 is 26.4. The van der Waals surface area contributed by atoms with E-state index in [-0.39, 0.29) is 0 Å². The Labute approximate surface area is 129 Å². The van der Waals surface area contributed by atoms with Crippen molar-refractivity contribution in [2.24, 2.45) is 0 Å². The molecule has 1 aliphatic heterocycles. The maximum absolute atomic E-state index is 13.3. The van der Waals surface area contributed by atoms with Crippen LogP contribution in [0.5, 0.6) is 0 Å². The number of anilines is 1. The summed E-state index contributed by atoms with van der Waals surface area (Å²) in [6, 6.07) is 8.50. The zero-order valence-electron chi connectivity index (χ0n) is 12.5. The van der Waals surface area contributed by atoms with Gasteiger partial charge in [0.05, 0.1) is 0 Å². The van der Waals surface area contributed by atoms with Crippen LogP contribution in [0.2, 0.25) is 0 Å². The molecule has 1 aromatic heterocycles. The predicted octanol–water partition coefficient (Wildman–Crippen LogP) is 3.24. The number of aromatic nitrogens is 1. The highest BCUT2D eigenvalue weighted by molar-refractivity contribution is 5.47. The Morgan fingerprint density at radius 3 is 2.27 bits per heavy atom. The van der Waals surface area contributed by atoms with Crippen molar-refractivity contribution in [2.75, 3.05) is 31.1 Å². The SMILES string of the molecule is CC(c1ccncc1)N1CCN(c2ccc(F)c(F)c2)CC1. The molecule has 0 amide bonds. The number of pyridine rings is 1. The third kappa shape index (κ3) is 3.09. The van der Waals surface area contributed by atoms with Gasteiger partial charge in [-0.05, 0) is 36.8 Å². The Balaban J connectivity index is 1.64. The van der Waals surface area contributed by atoms with Crippen LogP contribution in [0, 0.1) is 11.6 Å². The minimum Gasteiger partial charge on any atom is -0.369 e. The van der Waals surface area contributed by atoms with E-state index in [1.54, 1.807) is 6.07 Å². The van der Waals surface area contributed by atoms with Crippen LogP contribution < -0.4 is 4.90 Å². The zero-order valence-corrected chi connectivity index (χ0v) is 12.5. The van der Waals surface area contributed by atoms with Gasteiger partial charge in [-0.1, -0.05) is 0 Å². The first-order valence-electron chi connectivity index (χ1n) is 7.49. The van der Waals surface area contributed by atoms with Gasteiger partial charge in [0, 0.05) is 56.4 Å². The van der Waals surface area contributed by atoms with Gasteiger partial charge >= 0.3 is 0 Å². The van der Waals surface area contributed by atoms with Crippen molar-refractivity contribution < 1.29 is 8.78 Å². The Bertz CT molecular complexity index is 625. The molecule has 2 aromatic rings. The van der Waals surface area contributed by atoms with Crippen LogP contribution in [0.15, 0.2) is 42.7 Å². The van der Waals surface area contributed by atoms with Gasteiger partial charge in [-0.25, -0.2) is 8.78 Å². The smallest absolute Gasteiger partial charge is 0.160 e. The van der Waals surface area contributed by atoms with Crippen molar-refractivity contribution >= 4 is 5.69 Å². The molecular weight excluding hydrogens is 284 g/mol. The van der Waals surface area contributed by atoms with E-state index in [0.29, 0.717) is 6.04 Å². The van der Waals surface area contributed by atoms with Crippen LogP contribution in [-0.4, -0.2) is 36.1 Å². The highest BCUT2D eigenvalue weighted by Crippen LogP contribution is 2.24. The second kappa shape index (κ2) is 6.40. The minimum absolute atomic E-state index is 0.329. The van der Waals surface area contributed by atoms with Crippen LogP contribution in [-0.2, 0) is 0 Å². The standard InChI is InChI=1S/C17H19F2N3/c1-13(14-4-6-20-7-5-14)21-8-10-22(11-9-21)15-2-3-16(18)17(19)12-15/h2-7,12-13H,8-11H2,1H3. The fourth-order valence-corrected chi connectivity index (χ4v) is 2.90. The molecule has 1 saturated heterocycles. The molecular formula is C17H19F2N3. The lowest BCUT2D eigenvalue weighted by Crippen LogP contribution is -2.47.